The Labute approximate surface area is 127 Å². The largest absolute Gasteiger partial charge is 0.488 e. The van der Waals surface area contributed by atoms with E-state index in [9.17, 15) is 0 Å². The van der Waals surface area contributed by atoms with Gasteiger partial charge in [0.15, 0.2) is 0 Å². The van der Waals surface area contributed by atoms with Crippen molar-refractivity contribution in [2.75, 3.05) is 6.61 Å². The Kier molecular flexibility index (Phi) is 6.95. The molecule has 0 aliphatic carbocycles. The molecule has 0 atom stereocenters. The van der Waals surface area contributed by atoms with Gasteiger partial charge < -0.3 is 4.74 Å². The molecular weight excluding hydrogens is 314 g/mol. The molecule has 0 heterocycles. The highest BCUT2D eigenvalue weighted by molar-refractivity contribution is 6.55. The first-order valence-electron chi connectivity index (χ1n) is 5.23. The number of hydrogen-bond acceptors (Lipinski definition) is 1. The highest BCUT2D eigenvalue weighted by Crippen LogP contribution is 2.27. The van der Waals surface area contributed by atoms with Crippen LogP contribution in [0, 0.1) is 0 Å². The van der Waals surface area contributed by atoms with Crippen molar-refractivity contribution in [3.63, 3.8) is 0 Å². The SMILES string of the molecule is C/C(=C\COc1ccc(Cl)cc1Cl)CC=C(Cl)Cl. The first-order valence-corrected chi connectivity index (χ1v) is 6.75. The topological polar surface area (TPSA) is 9.23 Å². The number of ether oxygens (including phenoxy) is 1. The summed E-state index contributed by atoms with van der Waals surface area (Å²) in [6.45, 7) is 2.40. The molecule has 0 aromatic heterocycles. The maximum atomic E-state index is 5.97. The van der Waals surface area contributed by atoms with E-state index in [1.807, 2.05) is 13.0 Å². The van der Waals surface area contributed by atoms with Gasteiger partial charge in [0.05, 0.1) is 5.02 Å². The second kappa shape index (κ2) is 7.96. The van der Waals surface area contributed by atoms with Crippen molar-refractivity contribution < 1.29 is 4.74 Å². The van der Waals surface area contributed by atoms with E-state index in [1.54, 1.807) is 24.3 Å². The van der Waals surface area contributed by atoms with Gasteiger partial charge in [-0.25, -0.2) is 0 Å². The standard InChI is InChI=1S/C13H12Cl4O/c1-9(2-5-13(16)17)6-7-18-12-4-3-10(14)8-11(12)15/h3-6,8H,2,7H2,1H3/b9-6+. The van der Waals surface area contributed by atoms with Gasteiger partial charge in [-0.15, -0.1) is 0 Å². The van der Waals surface area contributed by atoms with Crippen LogP contribution in [0.5, 0.6) is 5.75 Å². The monoisotopic (exact) mass is 324 g/mol. The summed E-state index contributed by atoms with van der Waals surface area (Å²) in [6.07, 6.45) is 4.36. The Morgan fingerprint density at radius 2 is 1.94 bits per heavy atom. The van der Waals surface area contributed by atoms with Crippen LogP contribution in [-0.4, -0.2) is 6.61 Å². The number of benzene rings is 1. The Hall–Kier alpha value is -0.340. The van der Waals surface area contributed by atoms with E-state index < -0.39 is 0 Å². The zero-order valence-electron chi connectivity index (χ0n) is 9.72. The van der Waals surface area contributed by atoms with Gasteiger partial charge in [0.25, 0.3) is 0 Å². The molecule has 0 spiro atoms. The summed E-state index contributed by atoms with van der Waals surface area (Å²) >= 11 is 22.8. The Bertz CT molecular complexity index is 462. The maximum Gasteiger partial charge on any atom is 0.138 e. The Morgan fingerprint density at radius 3 is 2.56 bits per heavy atom. The highest BCUT2D eigenvalue weighted by Gasteiger charge is 2.01. The Balaban J connectivity index is 2.50. The summed E-state index contributed by atoms with van der Waals surface area (Å²) in [4.78, 5) is 0. The van der Waals surface area contributed by atoms with Gasteiger partial charge in [0.2, 0.25) is 0 Å². The van der Waals surface area contributed by atoms with Gasteiger partial charge in [-0.1, -0.05) is 58.1 Å². The lowest BCUT2D eigenvalue weighted by Crippen LogP contribution is -1.95. The van der Waals surface area contributed by atoms with Gasteiger partial charge >= 0.3 is 0 Å². The minimum absolute atomic E-state index is 0.268. The molecule has 0 N–H and O–H groups in total. The van der Waals surface area contributed by atoms with Crippen molar-refractivity contribution in [3.05, 3.63) is 50.5 Å². The average Bonchev–Trinajstić information content (AvgIpc) is 2.29. The summed E-state index contributed by atoms with van der Waals surface area (Å²) in [6, 6.07) is 5.11. The normalized spacial score (nSPS) is 11.3. The summed E-state index contributed by atoms with van der Waals surface area (Å²) < 4.78 is 5.78. The maximum absolute atomic E-state index is 5.97. The smallest absolute Gasteiger partial charge is 0.138 e. The van der Waals surface area contributed by atoms with E-state index in [-0.39, 0.29) is 4.49 Å². The second-order valence-electron chi connectivity index (χ2n) is 3.63. The summed E-state index contributed by atoms with van der Waals surface area (Å²) in [5.41, 5.74) is 1.11. The van der Waals surface area contributed by atoms with Crippen LogP contribution in [0.1, 0.15) is 13.3 Å². The van der Waals surface area contributed by atoms with Crippen LogP contribution in [0.4, 0.5) is 0 Å². The highest BCUT2D eigenvalue weighted by atomic mass is 35.5. The summed E-state index contributed by atoms with van der Waals surface area (Å²) in [5, 5.41) is 1.08. The van der Waals surface area contributed by atoms with Crippen molar-refractivity contribution in [1.29, 1.82) is 0 Å². The third-order valence-corrected chi connectivity index (χ3v) is 2.98. The number of rotatable bonds is 5. The van der Waals surface area contributed by atoms with E-state index in [0.29, 0.717) is 28.8 Å². The fourth-order valence-corrected chi connectivity index (χ4v) is 1.80. The van der Waals surface area contributed by atoms with E-state index >= 15 is 0 Å². The molecule has 0 saturated heterocycles. The zero-order chi connectivity index (χ0) is 13.5. The van der Waals surface area contributed by atoms with Crippen LogP contribution in [-0.2, 0) is 0 Å². The van der Waals surface area contributed by atoms with Crippen molar-refractivity contribution in [3.8, 4) is 5.75 Å². The minimum atomic E-state index is 0.268. The predicted molar refractivity (Wildman–Crippen MR) is 80.1 cm³/mol. The average molecular weight is 326 g/mol. The summed E-state index contributed by atoms with van der Waals surface area (Å²) in [5.74, 6) is 0.607. The lowest BCUT2D eigenvalue weighted by Gasteiger charge is -2.06. The second-order valence-corrected chi connectivity index (χ2v) is 5.49. The molecule has 1 aromatic carbocycles. The van der Waals surface area contributed by atoms with Gasteiger partial charge in [-0.05, 0) is 37.6 Å². The molecule has 0 radical (unpaired) electrons. The quantitative estimate of drug-likeness (QED) is 0.601. The molecule has 0 unspecified atom stereocenters. The number of hydrogen-bond donors (Lipinski definition) is 0. The first-order chi connectivity index (χ1) is 8.49. The molecule has 0 bridgehead atoms. The van der Waals surface area contributed by atoms with Crippen molar-refractivity contribution in [2.45, 2.75) is 13.3 Å². The molecule has 18 heavy (non-hydrogen) atoms. The molecule has 98 valence electrons. The van der Waals surface area contributed by atoms with Crippen LogP contribution in [0.15, 0.2) is 40.4 Å². The lowest BCUT2D eigenvalue weighted by atomic mass is 10.2. The van der Waals surface area contributed by atoms with Crippen molar-refractivity contribution in [2.24, 2.45) is 0 Å². The van der Waals surface area contributed by atoms with E-state index in [0.717, 1.165) is 5.57 Å². The third kappa shape index (κ3) is 6.01. The molecule has 1 aromatic rings. The first kappa shape index (κ1) is 15.7. The molecule has 0 fully saturated rings. The lowest BCUT2D eigenvalue weighted by molar-refractivity contribution is 0.362. The number of allylic oxidation sites excluding steroid dienone is 2. The van der Waals surface area contributed by atoms with E-state index in [4.69, 9.17) is 51.1 Å². The Morgan fingerprint density at radius 1 is 1.22 bits per heavy atom. The van der Waals surface area contributed by atoms with Gasteiger partial charge in [0.1, 0.15) is 16.8 Å². The minimum Gasteiger partial charge on any atom is -0.488 e. The van der Waals surface area contributed by atoms with Crippen LogP contribution < -0.4 is 4.74 Å². The van der Waals surface area contributed by atoms with E-state index in [2.05, 4.69) is 0 Å². The summed E-state index contributed by atoms with van der Waals surface area (Å²) in [7, 11) is 0. The predicted octanol–water partition coefficient (Wildman–Crippen LogP) is 6.03. The van der Waals surface area contributed by atoms with Crippen molar-refractivity contribution >= 4 is 46.4 Å². The molecule has 1 rings (SSSR count). The molecule has 5 heteroatoms. The van der Waals surface area contributed by atoms with Crippen LogP contribution in [0.2, 0.25) is 10.0 Å². The molecule has 0 aliphatic heterocycles. The number of halogens is 4. The van der Waals surface area contributed by atoms with E-state index in [1.165, 1.54) is 0 Å². The zero-order valence-corrected chi connectivity index (χ0v) is 12.7. The molecule has 1 nitrogen and oxygen atoms in total. The molecule has 0 amide bonds. The third-order valence-electron chi connectivity index (χ3n) is 2.14. The van der Waals surface area contributed by atoms with Crippen LogP contribution in [0.3, 0.4) is 0 Å². The van der Waals surface area contributed by atoms with Gasteiger partial charge in [-0.3, -0.25) is 0 Å². The van der Waals surface area contributed by atoms with Gasteiger partial charge in [-0.2, -0.15) is 0 Å². The molecule has 0 saturated carbocycles. The molecular formula is C13H12Cl4O. The fourth-order valence-electron chi connectivity index (χ4n) is 1.19. The molecule has 0 aliphatic rings. The van der Waals surface area contributed by atoms with Crippen LogP contribution >= 0.6 is 46.4 Å². The van der Waals surface area contributed by atoms with Gasteiger partial charge in [0, 0.05) is 5.02 Å². The van der Waals surface area contributed by atoms with Crippen LogP contribution in [0.25, 0.3) is 0 Å². The fraction of sp³-hybridized carbons (Fsp3) is 0.231. The van der Waals surface area contributed by atoms with Crippen molar-refractivity contribution in [1.82, 2.24) is 0 Å².